The summed E-state index contributed by atoms with van der Waals surface area (Å²) in [5, 5.41) is 2.92. The fourth-order valence-corrected chi connectivity index (χ4v) is 3.02. The predicted molar refractivity (Wildman–Crippen MR) is 79.1 cm³/mol. The van der Waals surface area contributed by atoms with Crippen LogP contribution in [0.3, 0.4) is 0 Å². The molecular weight excluding hydrogens is 268 g/mol. The number of carbonyl (C=O) groups is 2. The van der Waals surface area contributed by atoms with Crippen molar-refractivity contribution in [2.75, 3.05) is 18.4 Å². The van der Waals surface area contributed by atoms with Crippen LogP contribution in [0.5, 0.6) is 0 Å². The molecule has 5 nitrogen and oxygen atoms in total. The fraction of sp³-hybridized carbons (Fsp3) is 0.500. The molecule has 1 aromatic rings. The highest BCUT2D eigenvalue weighted by molar-refractivity contribution is 5.97. The van der Waals surface area contributed by atoms with Crippen molar-refractivity contribution in [3.05, 3.63) is 29.8 Å². The number of nitrogens with zero attached hydrogens (tertiary/aromatic N) is 1. The number of fused-ring (bicyclic) bond motifs is 3. The van der Waals surface area contributed by atoms with Gasteiger partial charge in [-0.05, 0) is 32.4 Å². The Morgan fingerprint density at radius 2 is 1.90 bits per heavy atom. The lowest BCUT2D eigenvalue weighted by Crippen LogP contribution is -2.36. The molecule has 0 spiro atoms. The number of ether oxygens (including phenoxy) is 1. The molecule has 1 aromatic carbocycles. The Labute approximate surface area is 124 Å². The van der Waals surface area contributed by atoms with E-state index in [1.807, 2.05) is 45.0 Å². The molecule has 2 amide bonds. The minimum Gasteiger partial charge on any atom is -0.444 e. The zero-order valence-corrected chi connectivity index (χ0v) is 12.6. The van der Waals surface area contributed by atoms with Gasteiger partial charge in [0, 0.05) is 24.7 Å². The first kappa shape index (κ1) is 13.9. The van der Waals surface area contributed by atoms with Crippen LogP contribution >= 0.6 is 0 Å². The van der Waals surface area contributed by atoms with Crippen LogP contribution in [0.25, 0.3) is 0 Å². The number of anilines is 1. The second-order valence-corrected chi connectivity index (χ2v) is 6.67. The third-order valence-corrected chi connectivity index (χ3v) is 3.93. The number of amides is 2. The summed E-state index contributed by atoms with van der Waals surface area (Å²) in [6.45, 7) is 6.48. The smallest absolute Gasteiger partial charge is 0.410 e. The van der Waals surface area contributed by atoms with Crippen molar-refractivity contribution in [1.82, 2.24) is 4.90 Å². The molecule has 0 bridgehead atoms. The Hall–Kier alpha value is -2.04. The molecule has 2 heterocycles. The molecular formula is C16H20N2O3. The van der Waals surface area contributed by atoms with Crippen LogP contribution in [-0.2, 0) is 9.53 Å². The van der Waals surface area contributed by atoms with E-state index in [0.717, 1.165) is 11.3 Å². The second-order valence-electron chi connectivity index (χ2n) is 6.67. The van der Waals surface area contributed by atoms with E-state index in [1.165, 1.54) is 0 Å². The SMILES string of the molecule is CC(C)(C)OC(=O)N1C[C@@H]2C(=O)Nc3ccccc3[C@@H]2C1. The lowest BCUT2D eigenvalue weighted by molar-refractivity contribution is -0.120. The molecule has 2 aliphatic heterocycles. The summed E-state index contributed by atoms with van der Waals surface area (Å²) in [6, 6.07) is 7.79. The van der Waals surface area contributed by atoms with Crippen molar-refractivity contribution < 1.29 is 14.3 Å². The van der Waals surface area contributed by atoms with E-state index < -0.39 is 5.60 Å². The molecule has 2 aliphatic rings. The Morgan fingerprint density at radius 3 is 2.62 bits per heavy atom. The van der Waals surface area contributed by atoms with Crippen molar-refractivity contribution in [2.24, 2.45) is 5.92 Å². The van der Waals surface area contributed by atoms with Crippen molar-refractivity contribution in [3.8, 4) is 0 Å². The van der Waals surface area contributed by atoms with E-state index in [1.54, 1.807) is 4.90 Å². The number of nitrogens with one attached hydrogen (secondary N) is 1. The van der Waals surface area contributed by atoms with E-state index in [0.29, 0.717) is 13.1 Å². The minimum absolute atomic E-state index is 0.00948. The van der Waals surface area contributed by atoms with E-state index in [-0.39, 0.29) is 23.8 Å². The van der Waals surface area contributed by atoms with Gasteiger partial charge in [0.05, 0.1) is 5.92 Å². The van der Waals surface area contributed by atoms with Gasteiger partial charge in [-0.25, -0.2) is 4.79 Å². The number of para-hydroxylation sites is 1. The summed E-state index contributed by atoms with van der Waals surface area (Å²) in [6.07, 6.45) is -0.345. The van der Waals surface area contributed by atoms with Crippen LogP contribution in [0.1, 0.15) is 32.3 Å². The van der Waals surface area contributed by atoms with Gasteiger partial charge in [-0.15, -0.1) is 0 Å². The molecule has 1 saturated heterocycles. The normalized spacial score (nSPS) is 24.1. The predicted octanol–water partition coefficient (Wildman–Crippen LogP) is 2.59. The monoisotopic (exact) mass is 288 g/mol. The standard InChI is InChI=1S/C16H20N2O3/c1-16(2,3)21-15(20)18-8-11-10-6-4-5-7-13(10)17-14(19)12(11)9-18/h4-7,11-12H,8-9H2,1-3H3,(H,17,19)/t11-,12-/m0/s1. The van der Waals surface area contributed by atoms with Crippen LogP contribution in [-0.4, -0.2) is 35.6 Å². The Balaban J connectivity index is 1.82. The largest absolute Gasteiger partial charge is 0.444 e. The zero-order valence-electron chi connectivity index (χ0n) is 12.6. The van der Waals surface area contributed by atoms with Gasteiger partial charge in [0.15, 0.2) is 0 Å². The van der Waals surface area contributed by atoms with Gasteiger partial charge < -0.3 is 15.0 Å². The van der Waals surface area contributed by atoms with Gasteiger partial charge in [0.25, 0.3) is 0 Å². The number of hydrogen-bond donors (Lipinski definition) is 1. The fourth-order valence-electron chi connectivity index (χ4n) is 3.02. The average molecular weight is 288 g/mol. The number of likely N-dealkylation sites (tertiary alicyclic amines) is 1. The van der Waals surface area contributed by atoms with Gasteiger partial charge in [-0.3, -0.25) is 4.79 Å². The minimum atomic E-state index is -0.523. The lowest BCUT2D eigenvalue weighted by atomic mass is 9.84. The molecule has 0 unspecified atom stereocenters. The first-order valence-corrected chi connectivity index (χ1v) is 7.23. The van der Waals surface area contributed by atoms with Crippen molar-refractivity contribution in [3.63, 3.8) is 0 Å². The summed E-state index contributed by atoms with van der Waals surface area (Å²) in [7, 11) is 0. The second kappa shape index (κ2) is 4.76. The van der Waals surface area contributed by atoms with Gasteiger partial charge >= 0.3 is 6.09 Å². The van der Waals surface area contributed by atoms with E-state index in [9.17, 15) is 9.59 Å². The summed E-state index contributed by atoms with van der Waals surface area (Å²) in [4.78, 5) is 26.0. The highest BCUT2D eigenvalue weighted by atomic mass is 16.6. The maximum Gasteiger partial charge on any atom is 0.410 e. The van der Waals surface area contributed by atoms with Gasteiger partial charge in [-0.1, -0.05) is 18.2 Å². The summed E-state index contributed by atoms with van der Waals surface area (Å²) >= 11 is 0. The highest BCUT2D eigenvalue weighted by Gasteiger charge is 2.44. The summed E-state index contributed by atoms with van der Waals surface area (Å²) < 4.78 is 5.41. The van der Waals surface area contributed by atoms with E-state index in [2.05, 4.69) is 5.32 Å². The van der Waals surface area contributed by atoms with Crippen LogP contribution in [0.15, 0.2) is 24.3 Å². The number of benzene rings is 1. The Bertz CT molecular complexity index is 591. The topological polar surface area (TPSA) is 58.6 Å². The molecule has 5 heteroatoms. The number of rotatable bonds is 0. The Kier molecular flexibility index (Phi) is 3.15. The van der Waals surface area contributed by atoms with E-state index in [4.69, 9.17) is 4.74 Å². The Morgan fingerprint density at radius 1 is 1.24 bits per heavy atom. The summed E-state index contributed by atoms with van der Waals surface area (Å²) in [5.74, 6) is -0.139. The van der Waals surface area contributed by atoms with Crippen LogP contribution in [0.2, 0.25) is 0 Å². The average Bonchev–Trinajstić information content (AvgIpc) is 2.83. The van der Waals surface area contributed by atoms with Gasteiger partial charge in [0.2, 0.25) is 5.91 Å². The van der Waals surface area contributed by atoms with Crippen molar-refractivity contribution in [1.29, 1.82) is 0 Å². The molecule has 1 fully saturated rings. The first-order valence-electron chi connectivity index (χ1n) is 7.23. The van der Waals surface area contributed by atoms with Crippen molar-refractivity contribution in [2.45, 2.75) is 32.3 Å². The van der Waals surface area contributed by atoms with Crippen LogP contribution in [0.4, 0.5) is 10.5 Å². The molecule has 21 heavy (non-hydrogen) atoms. The molecule has 2 atom stereocenters. The number of carbonyl (C=O) groups excluding carboxylic acids is 2. The third-order valence-electron chi connectivity index (χ3n) is 3.93. The van der Waals surface area contributed by atoms with Crippen LogP contribution in [0, 0.1) is 5.92 Å². The molecule has 0 aromatic heterocycles. The summed E-state index contributed by atoms with van der Waals surface area (Å²) in [5.41, 5.74) is 1.44. The quantitative estimate of drug-likeness (QED) is 0.798. The van der Waals surface area contributed by atoms with Crippen LogP contribution < -0.4 is 5.32 Å². The molecule has 0 radical (unpaired) electrons. The highest BCUT2D eigenvalue weighted by Crippen LogP contribution is 2.40. The first-order chi connectivity index (χ1) is 9.85. The van der Waals surface area contributed by atoms with Gasteiger partial charge in [0.1, 0.15) is 5.60 Å². The maximum absolute atomic E-state index is 12.2. The molecule has 1 N–H and O–H groups in total. The number of hydrogen-bond acceptors (Lipinski definition) is 3. The molecule has 3 rings (SSSR count). The van der Waals surface area contributed by atoms with Gasteiger partial charge in [-0.2, -0.15) is 0 Å². The van der Waals surface area contributed by atoms with Crippen molar-refractivity contribution >= 4 is 17.7 Å². The third kappa shape index (κ3) is 2.60. The maximum atomic E-state index is 12.2. The molecule has 0 saturated carbocycles. The zero-order chi connectivity index (χ0) is 15.2. The lowest BCUT2D eigenvalue weighted by Gasteiger charge is -2.26. The molecule has 112 valence electrons. The van der Waals surface area contributed by atoms with E-state index >= 15 is 0 Å². The molecule has 0 aliphatic carbocycles.